The molecule has 0 saturated heterocycles. The predicted molar refractivity (Wildman–Crippen MR) is 94.8 cm³/mol. The summed E-state index contributed by atoms with van der Waals surface area (Å²) < 4.78 is 2.75. The average molecular weight is 321 g/mol. The molecule has 1 fully saturated rings. The van der Waals surface area contributed by atoms with Crippen molar-refractivity contribution in [3.63, 3.8) is 0 Å². The van der Waals surface area contributed by atoms with Gasteiger partial charge in [-0.2, -0.15) is 5.10 Å². The van der Waals surface area contributed by atoms with Gasteiger partial charge in [-0.05, 0) is 61.7 Å². The van der Waals surface area contributed by atoms with E-state index in [1.807, 2.05) is 0 Å². The minimum Gasteiger partial charge on any atom is -0.272 e. The molecule has 0 radical (unpaired) electrons. The summed E-state index contributed by atoms with van der Waals surface area (Å²) >= 11 is 5.46. The lowest BCUT2D eigenvalue weighted by Crippen LogP contribution is -2.01. The van der Waals surface area contributed by atoms with Crippen LogP contribution in [0.15, 0.2) is 48.5 Å². The van der Waals surface area contributed by atoms with Crippen LogP contribution in [0, 0.1) is 18.6 Å². The molecular weight excluding hydrogens is 302 g/mol. The molecule has 116 valence electrons. The Balaban J connectivity index is 1.69. The van der Waals surface area contributed by atoms with Crippen LogP contribution >= 0.6 is 12.2 Å². The number of hydrogen-bond donors (Lipinski definition) is 1. The second kappa shape index (κ2) is 5.46. The molecule has 2 atom stereocenters. The Morgan fingerprint density at radius 3 is 2.57 bits per heavy atom. The van der Waals surface area contributed by atoms with Crippen LogP contribution in [0.5, 0.6) is 0 Å². The van der Waals surface area contributed by atoms with Gasteiger partial charge in [0.1, 0.15) is 5.82 Å². The van der Waals surface area contributed by atoms with Crippen LogP contribution in [0.1, 0.15) is 40.8 Å². The van der Waals surface area contributed by atoms with E-state index in [-0.39, 0.29) is 0 Å². The van der Waals surface area contributed by atoms with E-state index in [0.717, 1.165) is 17.9 Å². The molecule has 4 rings (SSSR count). The molecule has 3 nitrogen and oxygen atoms in total. The van der Waals surface area contributed by atoms with Gasteiger partial charge in [-0.15, -0.1) is 0 Å². The van der Waals surface area contributed by atoms with Gasteiger partial charge in [0.2, 0.25) is 0 Å². The number of benzene rings is 2. The van der Waals surface area contributed by atoms with Crippen molar-refractivity contribution in [3.05, 3.63) is 75.8 Å². The summed E-state index contributed by atoms with van der Waals surface area (Å²) in [5.41, 5.74) is 5.01. The van der Waals surface area contributed by atoms with E-state index < -0.39 is 0 Å². The number of nitrogens with one attached hydrogen (secondary N) is 1. The molecule has 0 spiro atoms. The average Bonchev–Trinajstić information content (AvgIpc) is 3.23. The number of hydrogen-bond acceptors (Lipinski definition) is 2. The highest BCUT2D eigenvalue weighted by atomic mass is 32.1. The maximum Gasteiger partial charge on any atom is 0.199 e. The zero-order valence-electron chi connectivity index (χ0n) is 13.3. The minimum atomic E-state index is 0.436. The van der Waals surface area contributed by atoms with E-state index in [0.29, 0.717) is 16.6 Å². The van der Waals surface area contributed by atoms with Crippen molar-refractivity contribution in [2.24, 2.45) is 0 Å². The molecule has 0 bridgehead atoms. The third-order valence-corrected chi connectivity index (χ3v) is 4.86. The van der Waals surface area contributed by atoms with Gasteiger partial charge in [0.15, 0.2) is 4.77 Å². The highest BCUT2D eigenvalue weighted by molar-refractivity contribution is 7.71. The van der Waals surface area contributed by atoms with Gasteiger partial charge in [0, 0.05) is 11.6 Å². The van der Waals surface area contributed by atoms with Crippen LogP contribution < -0.4 is 0 Å². The van der Waals surface area contributed by atoms with Crippen molar-refractivity contribution in [1.82, 2.24) is 14.8 Å². The number of aromatic nitrogens is 3. The largest absolute Gasteiger partial charge is 0.272 e. The standard InChI is InChI=1S/C19H19N3S/c1-12-6-8-14(9-7-12)16-11-17(16)18-20-21-19(23)22(18)15-5-3-4-13(2)10-15/h3-10,16-17H,11H2,1-2H3,(H,21,23)/t16-,17-/m0/s1. The lowest BCUT2D eigenvalue weighted by Gasteiger charge is -2.08. The second-order valence-corrected chi connectivity index (χ2v) is 6.81. The molecule has 2 aromatic carbocycles. The van der Waals surface area contributed by atoms with Gasteiger partial charge < -0.3 is 0 Å². The van der Waals surface area contributed by atoms with E-state index in [1.165, 1.54) is 16.7 Å². The van der Waals surface area contributed by atoms with E-state index >= 15 is 0 Å². The van der Waals surface area contributed by atoms with Gasteiger partial charge in [0.05, 0.1) is 0 Å². The van der Waals surface area contributed by atoms with Crippen molar-refractivity contribution in [3.8, 4) is 5.69 Å². The summed E-state index contributed by atoms with van der Waals surface area (Å²) in [5, 5.41) is 7.50. The fourth-order valence-electron chi connectivity index (χ4n) is 3.24. The monoisotopic (exact) mass is 321 g/mol. The van der Waals surface area contributed by atoms with Gasteiger partial charge in [-0.25, -0.2) is 0 Å². The Labute approximate surface area is 141 Å². The Morgan fingerprint density at radius 2 is 1.83 bits per heavy atom. The molecule has 1 heterocycles. The number of nitrogens with zero attached hydrogens (tertiary/aromatic N) is 2. The first-order chi connectivity index (χ1) is 11.1. The van der Waals surface area contributed by atoms with Gasteiger partial charge in [-0.3, -0.25) is 9.67 Å². The fraction of sp³-hybridized carbons (Fsp3) is 0.263. The minimum absolute atomic E-state index is 0.436. The maximum absolute atomic E-state index is 5.46. The lowest BCUT2D eigenvalue weighted by molar-refractivity contribution is 0.845. The van der Waals surface area contributed by atoms with Crippen LogP contribution in [0.2, 0.25) is 0 Å². The first kappa shape index (κ1) is 14.4. The first-order valence-corrected chi connectivity index (χ1v) is 8.35. The van der Waals surface area contributed by atoms with Crippen molar-refractivity contribution in [1.29, 1.82) is 0 Å². The fourth-order valence-corrected chi connectivity index (χ4v) is 3.48. The highest BCUT2D eigenvalue weighted by Crippen LogP contribution is 2.54. The Hall–Kier alpha value is -2.20. The van der Waals surface area contributed by atoms with Crippen LogP contribution in [-0.2, 0) is 0 Å². The highest BCUT2D eigenvalue weighted by Gasteiger charge is 2.43. The SMILES string of the molecule is Cc1ccc([C@@H]2C[C@@H]2c2n[nH]c(=S)n2-c2cccc(C)c2)cc1. The first-order valence-electron chi connectivity index (χ1n) is 7.94. The smallest absolute Gasteiger partial charge is 0.199 e. The van der Waals surface area contributed by atoms with Crippen LogP contribution in [0.3, 0.4) is 0 Å². The van der Waals surface area contributed by atoms with E-state index in [4.69, 9.17) is 12.2 Å². The van der Waals surface area contributed by atoms with E-state index in [2.05, 4.69) is 77.1 Å². The van der Waals surface area contributed by atoms with Gasteiger partial charge in [-0.1, -0.05) is 42.0 Å². The molecule has 1 aliphatic carbocycles. The van der Waals surface area contributed by atoms with Crippen LogP contribution in [0.4, 0.5) is 0 Å². The third-order valence-electron chi connectivity index (χ3n) is 4.59. The number of aryl methyl sites for hydroxylation is 2. The third kappa shape index (κ3) is 2.63. The lowest BCUT2D eigenvalue weighted by atomic mass is 10.1. The molecule has 1 aromatic heterocycles. The topological polar surface area (TPSA) is 33.6 Å². The Morgan fingerprint density at radius 1 is 1.04 bits per heavy atom. The van der Waals surface area contributed by atoms with Gasteiger partial charge in [0.25, 0.3) is 0 Å². The maximum atomic E-state index is 5.46. The molecule has 0 amide bonds. The van der Waals surface area contributed by atoms with Crippen molar-refractivity contribution in [2.45, 2.75) is 32.1 Å². The van der Waals surface area contributed by atoms with Crippen molar-refractivity contribution in [2.75, 3.05) is 0 Å². The molecule has 0 aliphatic heterocycles. The number of H-pyrrole nitrogens is 1. The summed E-state index contributed by atoms with van der Waals surface area (Å²) in [7, 11) is 0. The summed E-state index contributed by atoms with van der Waals surface area (Å²) in [6.07, 6.45) is 1.13. The zero-order chi connectivity index (χ0) is 16.0. The molecule has 23 heavy (non-hydrogen) atoms. The van der Waals surface area contributed by atoms with Crippen molar-refractivity contribution < 1.29 is 0 Å². The summed E-state index contributed by atoms with van der Waals surface area (Å²) in [4.78, 5) is 0. The molecule has 3 aromatic rings. The van der Waals surface area contributed by atoms with E-state index in [9.17, 15) is 0 Å². The molecule has 1 N–H and O–H groups in total. The van der Waals surface area contributed by atoms with Crippen LogP contribution in [0.25, 0.3) is 5.69 Å². The zero-order valence-corrected chi connectivity index (χ0v) is 14.1. The van der Waals surface area contributed by atoms with Crippen LogP contribution in [-0.4, -0.2) is 14.8 Å². The quantitative estimate of drug-likeness (QED) is 0.702. The van der Waals surface area contributed by atoms with E-state index in [1.54, 1.807) is 0 Å². The van der Waals surface area contributed by atoms with Crippen molar-refractivity contribution >= 4 is 12.2 Å². The predicted octanol–water partition coefficient (Wildman–Crippen LogP) is 4.82. The molecule has 1 saturated carbocycles. The summed E-state index contributed by atoms with van der Waals surface area (Å²) in [6.45, 7) is 4.22. The molecule has 1 aliphatic rings. The number of aromatic amines is 1. The summed E-state index contributed by atoms with van der Waals surface area (Å²) in [6, 6.07) is 17.2. The molecule has 0 unspecified atom stereocenters. The molecule has 4 heteroatoms. The Bertz CT molecular complexity index is 905. The molecular formula is C19H19N3S. The summed E-state index contributed by atoms with van der Waals surface area (Å²) in [5.74, 6) is 2.03. The van der Waals surface area contributed by atoms with Gasteiger partial charge >= 0.3 is 0 Å². The normalized spacial score (nSPS) is 19.7. The second-order valence-electron chi connectivity index (χ2n) is 6.42. The Kier molecular flexibility index (Phi) is 3.42. The number of rotatable bonds is 3.